The monoisotopic (exact) mass is 420 g/mol. The molecule has 0 radical (unpaired) electrons. The van der Waals surface area contributed by atoms with Crippen LogP contribution >= 0.6 is 0 Å². The molecule has 1 aliphatic rings. The molecule has 164 valence electrons. The highest BCUT2D eigenvalue weighted by atomic mass is 16.2. The van der Waals surface area contributed by atoms with Crippen molar-refractivity contribution in [1.29, 1.82) is 0 Å². The Labute approximate surface area is 186 Å². The zero-order valence-electron chi connectivity index (χ0n) is 18.4. The van der Waals surface area contributed by atoms with Crippen LogP contribution in [0.1, 0.15) is 39.4 Å². The number of nitrogens with zero attached hydrogens (tertiary/aromatic N) is 5. The van der Waals surface area contributed by atoms with E-state index in [0.29, 0.717) is 13.0 Å². The van der Waals surface area contributed by atoms with Crippen molar-refractivity contribution in [1.82, 2.24) is 14.6 Å². The molecular formula is C24H32N6O. The summed E-state index contributed by atoms with van der Waals surface area (Å²) in [5.41, 5.74) is 5.94. The summed E-state index contributed by atoms with van der Waals surface area (Å²) in [6, 6.07) is 5.77. The summed E-state index contributed by atoms with van der Waals surface area (Å²) < 4.78 is 1.83. The summed E-state index contributed by atoms with van der Waals surface area (Å²) in [5, 5.41) is 7.50. The fraction of sp³-hybridized carbons (Fsp3) is 0.375. The van der Waals surface area contributed by atoms with Crippen molar-refractivity contribution >= 4 is 28.7 Å². The van der Waals surface area contributed by atoms with Crippen LogP contribution in [0.2, 0.25) is 0 Å². The Kier molecular flexibility index (Phi) is 5.81. The maximum atomic E-state index is 13.2. The molecule has 3 aromatic heterocycles. The van der Waals surface area contributed by atoms with E-state index in [2.05, 4.69) is 33.1 Å². The van der Waals surface area contributed by atoms with Crippen molar-refractivity contribution in [3.8, 4) is 12.3 Å². The van der Waals surface area contributed by atoms with Crippen LogP contribution in [0.5, 0.6) is 0 Å². The van der Waals surface area contributed by atoms with Crippen molar-refractivity contribution < 1.29 is 7.65 Å². The number of fused-ring (bicyclic) bond motifs is 2. The maximum absolute atomic E-state index is 13.2. The average molecular weight is 421 g/mol. The van der Waals surface area contributed by atoms with Crippen LogP contribution in [0.25, 0.3) is 5.52 Å². The Hall–Kier alpha value is -3.53. The lowest BCUT2D eigenvalue weighted by atomic mass is 10.1. The third kappa shape index (κ3) is 3.93. The summed E-state index contributed by atoms with van der Waals surface area (Å²) >= 11 is 0. The third-order valence-corrected chi connectivity index (χ3v) is 5.72. The minimum absolute atomic E-state index is 0. The number of aromatic nitrogens is 3. The third-order valence-electron chi connectivity index (χ3n) is 5.72. The quantitative estimate of drug-likeness (QED) is 0.589. The summed E-state index contributed by atoms with van der Waals surface area (Å²) in [6.07, 6.45) is 11.6. The fourth-order valence-corrected chi connectivity index (χ4v) is 4.23. The number of hydrogen-bond donors (Lipinski definition) is 1. The van der Waals surface area contributed by atoms with Gasteiger partial charge in [0, 0.05) is 58.2 Å². The van der Waals surface area contributed by atoms with Crippen molar-refractivity contribution in [3.05, 3.63) is 47.4 Å². The van der Waals surface area contributed by atoms with Crippen LogP contribution in [0.3, 0.4) is 0 Å². The Morgan fingerprint density at radius 1 is 1.35 bits per heavy atom. The van der Waals surface area contributed by atoms with Crippen LogP contribution < -0.4 is 15.1 Å². The highest BCUT2D eigenvalue weighted by molar-refractivity contribution is 6.03. The second-order valence-electron chi connectivity index (χ2n) is 7.88. The molecule has 0 aromatic carbocycles. The Bertz CT molecular complexity index is 1170. The van der Waals surface area contributed by atoms with Gasteiger partial charge in [0.05, 0.1) is 11.2 Å². The molecule has 0 spiro atoms. The van der Waals surface area contributed by atoms with E-state index in [0.717, 1.165) is 65.5 Å². The van der Waals surface area contributed by atoms with Crippen LogP contribution in [0.4, 0.5) is 22.0 Å². The van der Waals surface area contributed by atoms with E-state index < -0.39 is 0 Å². The lowest BCUT2D eigenvalue weighted by molar-refractivity contribution is 0.257. The molecule has 7 nitrogen and oxygen atoms in total. The zero-order chi connectivity index (χ0) is 22.0. The van der Waals surface area contributed by atoms with Gasteiger partial charge in [0.15, 0.2) is 0 Å². The van der Waals surface area contributed by atoms with E-state index in [4.69, 9.17) is 6.42 Å². The molecule has 4 rings (SSSR count). The van der Waals surface area contributed by atoms with Crippen LogP contribution in [-0.2, 0) is 6.42 Å². The molecule has 0 saturated heterocycles. The number of carbonyl (C=O) groups is 1. The van der Waals surface area contributed by atoms with Crippen molar-refractivity contribution in [3.63, 3.8) is 0 Å². The number of hydrogen-bond acceptors (Lipinski definition) is 4. The molecule has 0 unspecified atom stereocenters. The number of urea groups is 1. The number of nitrogens with one attached hydrogen (secondary N) is 1. The molecule has 2 amide bonds. The Morgan fingerprint density at radius 3 is 2.97 bits per heavy atom. The largest absolute Gasteiger partial charge is 0.370 e. The summed E-state index contributed by atoms with van der Waals surface area (Å²) in [5.74, 6) is 3.46. The molecule has 31 heavy (non-hydrogen) atoms. The minimum Gasteiger partial charge on any atom is -0.370 e. The molecule has 1 N–H and O–H groups in total. The normalized spacial score (nSPS) is 12.6. The van der Waals surface area contributed by atoms with Gasteiger partial charge >= 0.3 is 6.03 Å². The molecule has 4 heterocycles. The number of rotatable bonds is 6. The molecule has 0 aliphatic carbocycles. The standard InChI is InChI=1S/C24H28N6O.2H2/c1-5-7-13-28(12-6-2)21-8-11-25-23-19(21)9-14-29(23)24(31)26-20-10-15-30-22(18(20)4)16-17(3)27-30;;/h1,8,10-11,15-16H,6-7,9,12-14H2,2-4H3,(H,26,31);2*1H. The number of terminal acetylenes is 1. The predicted octanol–water partition coefficient (Wildman–Crippen LogP) is 4.67. The molecule has 0 fully saturated rings. The maximum Gasteiger partial charge on any atom is 0.327 e. The second kappa shape index (κ2) is 8.68. The van der Waals surface area contributed by atoms with E-state index in [-0.39, 0.29) is 8.88 Å². The summed E-state index contributed by atoms with van der Waals surface area (Å²) in [4.78, 5) is 21.7. The van der Waals surface area contributed by atoms with Gasteiger partial charge < -0.3 is 10.2 Å². The van der Waals surface area contributed by atoms with Gasteiger partial charge in [-0.25, -0.2) is 14.3 Å². The molecule has 3 aromatic rings. The minimum atomic E-state index is -0.169. The van der Waals surface area contributed by atoms with Gasteiger partial charge in [0.1, 0.15) is 5.82 Å². The first-order valence-corrected chi connectivity index (χ1v) is 10.7. The lowest BCUT2D eigenvalue weighted by Gasteiger charge is -2.26. The van der Waals surface area contributed by atoms with E-state index in [1.54, 1.807) is 11.1 Å². The molecular weight excluding hydrogens is 388 g/mol. The van der Waals surface area contributed by atoms with Gasteiger partial charge in [0.2, 0.25) is 0 Å². The smallest absolute Gasteiger partial charge is 0.327 e. The van der Waals surface area contributed by atoms with E-state index >= 15 is 0 Å². The van der Waals surface area contributed by atoms with Crippen LogP contribution in [-0.4, -0.2) is 40.3 Å². The van der Waals surface area contributed by atoms with Gasteiger partial charge in [-0.2, -0.15) is 5.10 Å². The van der Waals surface area contributed by atoms with Crippen molar-refractivity contribution in [2.75, 3.05) is 34.8 Å². The second-order valence-corrected chi connectivity index (χ2v) is 7.88. The van der Waals surface area contributed by atoms with Gasteiger partial charge in [0.25, 0.3) is 0 Å². The molecule has 1 aliphatic heterocycles. The summed E-state index contributed by atoms with van der Waals surface area (Å²) in [7, 11) is 0. The predicted molar refractivity (Wildman–Crippen MR) is 129 cm³/mol. The SMILES string of the molecule is C#CCCN(CCC)c1ccnc2c1CCN2C(=O)Nc1ccn2nc(C)cc2c1C.[HH].[HH]. The summed E-state index contributed by atoms with van der Waals surface area (Å²) in [6.45, 7) is 8.44. The Balaban J connectivity index is 0.00000193. The number of anilines is 3. The Morgan fingerprint density at radius 2 is 2.19 bits per heavy atom. The van der Waals surface area contributed by atoms with Gasteiger partial charge in [-0.15, -0.1) is 12.3 Å². The van der Waals surface area contributed by atoms with Crippen LogP contribution in [0, 0.1) is 26.2 Å². The van der Waals surface area contributed by atoms with E-state index in [1.807, 2.05) is 42.8 Å². The first kappa shape index (κ1) is 20.7. The van der Waals surface area contributed by atoms with Gasteiger partial charge in [-0.3, -0.25) is 4.90 Å². The zero-order valence-corrected chi connectivity index (χ0v) is 18.4. The fourth-order valence-electron chi connectivity index (χ4n) is 4.23. The molecule has 0 saturated carbocycles. The molecule has 7 heteroatoms. The first-order valence-electron chi connectivity index (χ1n) is 10.7. The number of carbonyl (C=O) groups excluding carboxylic acids is 1. The number of amides is 2. The average Bonchev–Trinajstić information content (AvgIpc) is 3.36. The molecule has 0 atom stereocenters. The lowest BCUT2D eigenvalue weighted by Crippen LogP contribution is -2.34. The topological polar surface area (TPSA) is 65.8 Å². The first-order chi connectivity index (χ1) is 15.0. The van der Waals surface area contributed by atoms with Gasteiger partial charge in [-0.05, 0) is 50.5 Å². The number of pyridine rings is 2. The van der Waals surface area contributed by atoms with Crippen molar-refractivity contribution in [2.24, 2.45) is 0 Å². The highest BCUT2D eigenvalue weighted by Crippen LogP contribution is 2.34. The van der Waals surface area contributed by atoms with E-state index in [9.17, 15) is 4.79 Å². The van der Waals surface area contributed by atoms with Crippen LogP contribution in [0.15, 0.2) is 30.6 Å². The van der Waals surface area contributed by atoms with Gasteiger partial charge in [-0.1, -0.05) is 6.92 Å². The van der Waals surface area contributed by atoms with Crippen molar-refractivity contribution in [2.45, 2.75) is 40.0 Å². The molecule has 0 bridgehead atoms. The highest BCUT2D eigenvalue weighted by Gasteiger charge is 2.29. The van der Waals surface area contributed by atoms with E-state index in [1.165, 1.54) is 0 Å². The number of aryl methyl sites for hydroxylation is 2.